The van der Waals surface area contributed by atoms with Crippen LogP contribution in [-0.4, -0.2) is 61.9 Å². The number of benzene rings is 2. The van der Waals surface area contributed by atoms with E-state index in [-0.39, 0.29) is 36.6 Å². The number of carbonyl (C=O) groups excluding carboxylic acids is 1. The number of hydrogen-bond acceptors (Lipinski definition) is 3. The summed E-state index contributed by atoms with van der Waals surface area (Å²) in [5.41, 5.74) is 2.63. The molecule has 2 aromatic rings. The van der Waals surface area contributed by atoms with Gasteiger partial charge in [-0.1, -0.05) is 85.0 Å². The van der Waals surface area contributed by atoms with Crippen molar-refractivity contribution in [3.05, 3.63) is 96.1 Å². The summed E-state index contributed by atoms with van der Waals surface area (Å²) in [4.78, 5) is 16.6. The molecular weight excluding hydrogens is 424 g/mol. The summed E-state index contributed by atoms with van der Waals surface area (Å²) in [6.07, 6.45) is 7.11. The summed E-state index contributed by atoms with van der Waals surface area (Å²) in [5, 5.41) is 0. The van der Waals surface area contributed by atoms with E-state index in [0.717, 1.165) is 26.2 Å². The highest BCUT2D eigenvalue weighted by Gasteiger charge is 2.38. The molecule has 1 N–H and O–H groups in total. The third-order valence-electron chi connectivity index (χ3n) is 6.46. The standard InChI is InChI=1S/C26H28N2O3.ClH/c29-26(24-19-30-22-13-7-8-14-23(22)31-24)28-17-15-27(16-18-28)25(20-9-3-1-4-10-20)21-11-5-2-6-12-21;/h1-14,22-25H,15-19H2;1H. The molecule has 32 heavy (non-hydrogen) atoms. The third kappa shape index (κ3) is 4.81. The average Bonchev–Trinajstić information content (AvgIpc) is 2.85. The first-order valence-electron chi connectivity index (χ1n) is 11.1. The highest BCUT2D eigenvalue weighted by atomic mass is 35.5. The van der Waals surface area contributed by atoms with Gasteiger partial charge < -0.3 is 31.7 Å². The van der Waals surface area contributed by atoms with Gasteiger partial charge in [0.25, 0.3) is 5.91 Å². The molecule has 0 aromatic heterocycles. The first kappa shape index (κ1) is 22.7. The molecular formula is C26H29ClN2O3. The normalized spacial score (nSPS) is 25.3. The molecule has 3 atom stereocenters. The van der Waals surface area contributed by atoms with Crippen LogP contribution in [0.5, 0.6) is 0 Å². The van der Waals surface area contributed by atoms with Gasteiger partial charge in [-0.15, -0.1) is 0 Å². The number of carbonyl (C=O) groups is 1. The fourth-order valence-electron chi connectivity index (χ4n) is 4.86. The molecule has 2 saturated heterocycles. The Morgan fingerprint density at radius 2 is 1.44 bits per heavy atom. The van der Waals surface area contributed by atoms with E-state index in [4.69, 9.17) is 9.47 Å². The van der Waals surface area contributed by atoms with E-state index in [1.165, 1.54) is 16.0 Å². The van der Waals surface area contributed by atoms with E-state index in [9.17, 15) is 4.79 Å². The molecule has 1 aliphatic carbocycles. The van der Waals surface area contributed by atoms with Gasteiger partial charge in [0.1, 0.15) is 18.2 Å². The van der Waals surface area contributed by atoms with Crippen LogP contribution >= 0.6 is 0 Å². The van der Waals surface area contributed by atoms with Gasteiger partial charge in [-0.2, -0.15) is 0 Å². The number of rotatable bonds is 4. The summed E-state index contributed by atoms with van der Waals surface area (Å²) in [5.74, 6) is 0.0522. The zero-order valence-corrected chi connectivity index (χ0v) is 18.7. The predicted octanol–water partition coefficient (Wildman–Crippen LogP) is -1.21. The lowest BCUT2D eigenvalue weighted by molar-refractivity contribution is -0.929. The molecule has 0 bridgehead atoms. The van der Waals surface area contributed by atoms with Crippen LogP contribution in [0.3, 0.4) is 0 Å². The van der Waals surface area contributed by atoms with Crippen molar-refractivity contribution < 1.29 is 31.6 Å². The van der Waals surface area contributed by atoms with Crippen LogP contribution in [0.4, 0.5) is 0 Å². The second kappa shape index (κ2) is 10.5. The van der Waals surface area contributed by atoms with Crippen molar-refractivity contribution in [3.63, 3.8) is 0 Å². The Labute approximate surface area is 195 Å². The molecule has 1 amide bonds. The molecule has 2 fully saturated rings. The fourth-order valence-corrected chi connectivity index (χ4v) is 4.86. The molecule has 0 radical (unpaired) electrons. The highest BCUT2D eigenvalue weighted by Crippen LogP contribution is 2.22. The van der Waals surface area contributed by atoms with Gasteiger partial charge in [-0.25, -0.2) is 0 Å². The number of nitrogens with zero attached hydrogens (tertiary/aromatic N) is 1. The molecule has 168 valence electrons. The van der Waals surface area contributed by atoms with Gasteiger partial charge in [0.05, 0.1) is 32.8 Å². The number of quaternary nitrogens is 1. The summed E-state index contributed by atoms with van der Waals surface area (Å²) < 4.78 is 11.9. The number of halogens is 1. The third-order valence-corrected chi connectivity index (χ3v) is 6.46. The molecule has 3 unspecified atom stereocenters. The number of fused-ring (bicyclic) bond motifs is 1. The maximum absolute atomic E-state index is 13.1. The van der Waals surface area contributed by atoms with E-state index in [0.29, 0.717) is 6.61 Å². The summed E-state index contributed by atoms with van der Waals surface area (Å²) in [7, 11) is 0. The smallest absolute Gasteiger partial charge is 0.254 e. The molecule has 2 heterocycles. The van der Waals surface area contributed by atoms with E-state index in [2.05, 4.69) is 60.7 Å². The number of amides is 1. The Balaban J connectivity index is 0.00000245. The number of hydrogen-bond donors (Lipinski definition) is 1. The Morgan fingerprint density at radius 1 is 0.875 bits per heavy atom. The summed E-state index contributed by atoms with van der Waals surface area (Å²) >= 11 is 0. The second-order valence-corrected chi connectivity index (χ2v) is 8.40. The number of allylic oxidation sites excluding steroid dienone is 2. The zero-order chi connectivity index (χ0) is 21.0. The predicted molar refractivity (Wildman–Crippen MR) is 119 cm³/mol. The first-order chi connectivity index (χ1) is 15.3. The minimum Gasteiger partial charge on any atom is -1.00 e. The lowest BCUT2D eigenvalue weighted by atomic mass is 9.96. The van der Waals surface area contributed by atoms with Gasteiger partial charge in [0, 0.05) is 11.1 Å². The van der Waals surface area contributed by atoms with Crippen LogP contribution < -0.4 is 17.3 Å². The number of piperazine rings is 1. The first-order valence-corrected chi connectivity index (χ1v) is 11.1. The van der Waals surface area contributed by atoms with Gasteiger partial charge in [0.15, 0.2) is 6.10 Å². The van der Waals surface area contributed by atoms with Crippen molar-refractivity contribution in [2.45, 2.75) is 24.4 Å². The molecule has 5 rings (SSSR count). The van der Waals surface area contributed by atoms with Crippen molar-refractivity contribution in [1.82, 2.24) is 4.90 Å². The Morgan fingerprint density at radius 3 is 2.03 bits per heavy atom. The minimum absolute atomic E-state index is 0. The topological polar surface area (TPSA) is 43.2 Å². The molecule has 3 aliphatic rings. The van der Waals surface area contributed by atoms with Crippen molar-refractivity contribution in [1.29, 1.82) is 0 Å². The highest BCUT2D eigenvalue weighted by molar-refractivity contribution is 5.81. The van der Waals surface area contributed by atoms with Crippen molar-refractivity contribution in [3.8, 4) is 0 Å². The lowest BCUT2D eigenvalue weighted by Crippen LogP contribution is -3.15. The molecule has 0 spiro atoms. The van der Waals surface area contributed by atoms with E-state index >= 15 is 0 Å². The fraction of sp³-hybridized carbons (Fsp3) is 0.346. The Hall–Kier alpha value is -2.44. The van der Waals surface area contributed by atoms with Crippen LogP contribution in [0.2, 0.25) is 0 Å². The Kier molecular flexibility index (Phi) is 7.43. The van der Waals surface area contributed by atoms with Crippen LogP contribution in [0.1, 0.15) is 17.2 Å². The monoisotopic (exact) mass is 452 g/mol. The Bertz CT molecular complexity index is 903. The molecule has 0 saturated carbocycles. The average molecular weight is 453 g/mol. The van der Waals surface area contributed by atoms with Crippen molar-refractivity contribution >= 4 is 5.91 Å². The number of nitrogens with one attached hydrogen (secondary N) is 1. The van der Waals surface area contributed by atoms with E-state index < -0.39 is 6.10 Å². The molecule has 2 aromatic carbocycles. The minimum atomic E-state index is -0.516. The SMILES string of the molecule is O=C(C1COC2C=CC=CC2O1)N1CC[NH+](C(c2ccccc2)c2ccccc2)CC1.[Cl-]. The van der Waals surface area contributed by atoms with Gasteiger partial charge in [-0.3, -0.25) is 4.79 Å². The van der Waals surface area contributed by atoms with E-state index in [1.54, 1.807) is 0 Å². The maximum Gasteiger partial charge on any atom is 0.254 e. The zero-order valence-electron chi connectivity index (χ0n) is 18.0. The van der Waals surface area contributed by atoms with E-state index in [1.807, 2.05) is 29.2 Å². The second-order valence-electron chi connectivity index (χ2n) is 8.40. The van der Waals surface area contributed by atoms with Gasteiger partial charge in [-0.05, 0) is 0 Å². The lowest BCUT2D eigenvalue weighted by Gasteiger charge is -2.40. The number of ether oxygens (including phenoxy) is 2. The van der Waals surface area contributed by atoms with Crippen LogP contribution in [-0.2, 0) is 14.3 Å². The van der Waals surface area contributed by atoms with Gasteiger partial charge in [0.2, 0.25) is 0 Å². The van der Waals surface area contributed by atoms with Crippen LogP contribution in [0.15, 0.2) is 85.0 Å². The van der Waals surface area contributed by atoms with Crippen LogP contribution in [0.25, 0.3) is 0 Å². The quantitative estimate of drug-likeness (QED) is 0.633. The summed E-state index contributed by atoms with van der Waals surface area (Å²) in [6, 6.07) is 21.6. The molecule has 6 heteroatoms. The van der Waals surface area contributed by atoms with Crippen molar-refractivity contribution in [2.75, 3.05) is 32.8 Å². The largest absolute Gasteiger partial charge is 1.00 e. The van der Waals surface area contributed by atoms with Crippen molar-refractivity contribution in [2.24, 2.45) is 0 Å². The van der Waals surface area contributed by atoms with Gasteiger partial charge >= 0.3 is 0 Å². The summed E-state index contributed by atoms with van der Waals surface area (Å²) in [6.45, 7) is 3.59. The maximum atomic E-state index is 13.1. The molecule has 2 aliphatic heterocycles. The van der Waals surface area contributed by atoms with Crippen LogP contribution in [0, 0.1) is 0 Å². The molecule has 5 nitrogen and oxygen atoms in total.